The first-order valence-corrected chi connectivity index (χ1v) is 9.61. The zero-order chi connectivity index (χ0) is 14.5. The first-order chi connectivity index (χ1) is 10.3. The van der Waals surface area contributed by atoms with Gasteiger partial charge in [-0.25, -0.2) is 0 Å². The van der Waals surface area contributed by atoms with E-state index >= 15 is 0 Å². The van der Waals surface area contributed by atoms with Gasteiger partial charge in [-0.05, 0) is 42.8 Å². The van der Waals surface area contributed by atoms with Crippen molar-refractivity contribution < 1.29 is 0 Å². The fourth-order valence-electron chi connectivity index (χ4n) is 3.04. The van der Waals surface area contributed by atoms with Gasteiger partial charge in [0.25, 0.3) is 0 Å². The third kappa shape index (κ3) is 4.16. The number of nitrogens with one attached hydrogen (secondary N) is 1. The van der Waals surface area contributed by atoms with E-state index in [0.717, 1.165) is 25.7 Å². The second-order valence-corrected chi connectivity index (χ2v) is 7.82. The molecule has 0 spiro atoms. The lowest BCUT2D eigenvalue weighted by Gasteiger charge is -2.23. The zero-order valence-electron chi connectivity index (χ0n) is 12.7. The molecule has 1 aliphatic carbocycles. The van der Waals surface area contributed by atoms with Crippen molar-refractivity contribution in [1.29, 1.82) is 0 Å². The summed E-state index contributed by atoms with van der Waals surface area (Å²) in [6, 6.07) is 7.47. The molecule has 0 radical (unpaired) electrons. The minimum absolute atomic E-state index is 0.832. The molecule has 1 saturated carbocycles. The summed E-state index contributed by atoms with van der Waals surface area (Å²) in [7, 11) is 2.28. The highest BCUT2D eigenvalue weighted by Gasteiger charge is 2.18. The number of likely N-dealkylation sites (N-methyl/N-ethyl adjacent to an activating group) is 1. The van der Waals surface area contributed by atoms with Crippen LogP contribution in [0.2, 0.25) is 0 Å². The fourth-order valence-corrected chi connectivity index (χ4v) is 4.68. The van der Waals surface area contributed by atoms with Gasteiger partial charge in [0.1, 0.15) is 0 Å². The Morgan fingerprint density at radius 3 is 2.90 bits per heavy atom. The molecule has 4 heteroatoms. The molecule has 0 amide bonds. The maximum atomic E-state index is 3.59. The lowest BCUT2D eigenvalue weighted by atomic mass is 10.2. The minimum Gasteiger partial charge on any atom is -0.311 e. The Hall–Kier alpha value is -0.680. The Labute approximate surface area is 135 Å². The molecule has 2 heterocycles. The van der Waals surface area contributed by atoms with E-state index in [2.05, 4.69) is 46.2 Å². The van der Waals surface area contributed by atoms with Crippen LogP contribution in [0.25, 0.3) is 10.4 Å². The van der Waals surface area contributed by atoms with Crippen LogP contribution in [0.5, 0.6) is 0 Å². The SMILES string of the molecule is CN(CCNCc1cc(-c2cccs2)cs1)C1CCCC1. The molecule has 2 aromatic rings. The van der Waals surface area contributed by atoms with E-state index in [1.807, 2.05) is 22.7 Å². The third-order valence-corrected chi connectivity index (χ3v) is 6.20. The van der Waals surface area contributed by atoms with Crippen molar-refractivity contribution in [1.82, 2.24) is 10.2 Å². The van der Waals surface area contributed by atoms with Gasteiger partial charge in [0.15, 0.2) is 0 Å². The zero-order valence-corrected chi connectivity index (χ0v) is 14.3. The molecule has 0 aliphatic heterocycles. The van der Waals surface area contributed by atoms with E-state index in [4.69, 9.17) is 0 Å². The van der Waals surface area contributed by atoms with Crippen LogP contribution in [0.3, 0.4) is 0 Å². The average Bonchev–Trinajstić information content (AvgIpc) is 3.25. The predicted octanol–water partition coefficient (Wildman–Crippen LogP) is 4.44. The quantitative estimate of drug-likeness (QED) is 0.759. The number of thiophene rings is 2. The van der Waals surface area contributed by atoms with Gasteiger partial charge in [-0.3, -0.25) is 0 Å². The van der Waals surface area contributed by atoms with Crippen LogP contribution in [-0.4, -0.2) is 31.1 Å². The first kappa shape index (κ1) is 15.2. The summed E-state index contributed by atoms with van der Waals surface area (Å²) in [5.41, 5.74) is 1.37. The number of rotatable bonds is 7. The van der Waals surface area contributed by atoms with Crippen LogP contribution < -0.4 is 5.32 Å². The van der Waals surface area contributed by atoms with Crippen molar-refractivity contribution in [3.63, 3.8) is 0 Å². The van der Waals surface area contributed by atoms with E-state index in [9.17, 15) is 0 Å². The van der Waals surface area contributed by atoms with Crippen LogP contribution in [0.1, 0.15) is 30.6 Å². The Balaban J connectivity index is 1.39. The largest absolute Gasteiger partial charge is 0.311 e. The second kappa shape index (κ2) is 7.54. The molecule has 2 nitrogen and oxygen atoms in total. The minimum atomic E-state index is 0.832. The van der Waals surface area contributed by atoms with Gasteiger partial charge in [0.05, 0.1) is 0 Å². The summed E-state index contributed by atoms with van der Waals surface area (Å²) in [5.74, 6) is 0. The molecule has 21 heavy (non-hydrogen) atoms. The van der Waals surface area contributed by atoms with Gasteiger partial charge < -0.3 is 10.2 Å². The molecule has 0 bridgehead atoms. The van der Waals surface area contributed by atoms with Gasteiger partial charge >= 0.3 is 0 Å². The van der Waals surface area contributed by atoms with E-state index in [0.29, 0.717) is 0 Å². The van der Waals surface area contributed by atoms with E-state index in [1.54, 1.807) is 0 Å². The lowest BCUT2D eigenvalue weighted by molar-refractivity contribution is 0.245. The Kier molecular flexibility index (Phi) is 5.47. The summed E-state index contributed by atoms with van der Waals surface area (Å²) in [6.45, 7) is 3.24. The Morgan fingerprint density at radius 1 is 1.29 bits per heavy atom. The topological polar surface area (TPSA) is 15.3 Å². The van der Waals surface area contributed by atoms with E-state index < -0.39 is 0 Å². The molecular formula is C17H24N2S2. The Bertz CT molecular complexity index is 527. The predicted molar refractivity (Wildman–Crippen MR) is 94.2 cm³/mol. The molecule has 0 saturated heterocycles. The van der Waals surface area contributed by atoms with Crippen molar-refractivity contribution in [3.8, 4) is 10.4 Å². The molecule has 1 aliphatic rings. The molecule has 0 unspecified atom stereocenters. The summed E-state index contributed by atoms with van der Waals surface area (Å²) in [5, 5.41) is 8.00. The van der Waals surface area contributed by atoms with E-state index in [1.165, 1.54) is 41.0 Å². The molecule has 3 rings (SSSR count). The van der Waals surface area contributed by atoms with Crippen molar-refractivity contribution in [2.45, 2.75) is 38.3 Å². The summed E-state index contributed by atoms with van der Waals surface area (Å²) < 4.78 is 0. The van der Waals surface area contributed by atoms with Gasteiger partial charge in [-0.15, -0.1) is 22.7 Å². The highest BCUT2D eigenvalue weighted by molar-refractivity contribution is 7.14. The highest BCUT2D eigenvalue weighted by Crippen LogP contribution is 2.29. The van der Waals surface area contributed by atoms with Crippen molar-refractivity contribution in [2.24, 2.45) is 0 Å². The molecule has 1 N–H and O–H groups in total. The van der Waals surface area contributed by atoms with Gasteiger partial charge in [-0.2, -0.15) is 0 Å². The number of nitrogens with zero attached hydrogens (tertiary/aromatic N) is 1. The van der Waals surface area contributed by atoms with Gasteiger partial charge in [0, 0.05) is 41.0 Å². The molecule has 114 valence electrons. The van der Waals surface area contributed by atoms with Crippen LogP contribution >= 0.6 is 22.7 Å². The molecule has 0 aromatic carbocycles. The lowest BCUT2D eigenvalue weighted by Crippen LogP contribution is -2.35. The maximum absolute atomic E-state index is 3.59. The molecular weight excluding hydrogens is 296 g/mol. The Morgan fingerprint density at radius 2 is 2.14 bits per heavy atom. The van der Waals surface area contributed by atoms with Gasteiger partial charge in [0.2, 0.25) is 0 Å². The van der Waals surface area contributed by atoms with Crippen molar-refractivity contribution in [3.05, 3.63) is 33.8 Å². The second-order valence-electron chi connectivity index (χ2n) is 5.87. The standard InChI is InChI=1S/C17H24N2S2/c1-19(15-5-2-3-6-15)9-8-18-12-16-11-14(13-21-16)17-7-4-10-20-17/h4,7,10-11,13,15,18H,2-3,5-6,8-9,12H2,1H3. The first-order valence-electron chi connectivity index (χ1n) is 7.85. The molecule has 1 fully saturated rings. The third-order valence-electron chi connectivity index (χ3n) is 4.35. The summed E-state index contributed by atoms with van der Waals surface area (Å²) in [6.07, 6.45) is 5.63. The summed E-state index contributed by atoms with van der Waals surface area (Å²) in [4.78, 5) is 5.34. The van der Waals surface area contributed by atoms with Crippen molar-refractivity contribution in [2.75, 3.05) is 20.1 Å². The highest BCUT2D eigenvalue weighted by atomic mass is 32.1. The average molecular weight is 321 g/mol. The van der Waals surface area contributed by atoms with Gasteiger partial charge in [-0.1, -0.05) is 18.9 Å². The number of hydrogen-bond donors (Lipinski definition) is 1. The van der Waals surface area contributed by atoms with E-state index in [-0.39, 0.29) is 0 Å². The van der Waals surface area contributed by atoms with Crippen LogP contribution in [0.4, 0.5) is 0 Å². The van der Waals surface area contributed by atoms with Crippen LogP contribution in [0.15, 0.2) is 29.0 Å². The molecule has 2 aromatic heterocycles. The monoisotopic (exact) mass is 320 g/mol. The van der Waals surface area contributed by atoms with Crippen LogP contribution in [0, 0.1) is 0 Å². The maximum Gasteiger partial charge on any atom is 0.0351 e. The fraction of sp³-hybridized carbons (Fsp3) is 0.529. The van der Waals surface area contributed by atoms with Crippen LogP contribution in [-0.2, 0) is 6.54 Å². The smallest absolute Gasteiger partial charge is 0.0351 e. The molecule has 0 atom stereocenters. The number of hydrogen-bond acceptors (Lipinski definition) is 4. The summed E-state index contributed by atoms with van der Waals surface area (Å²) >= 11 is 3.68. The normalized spacial score (nSPS) is 16.1. The van der Waals surface area contributed by atoms with Crippen molar-refractivity contribution >= 4 is 22.7 Å².